The number of nitrogens with one attached hydrogen (secondary N) is 3. The fourth-order valence-electron chi connectivity index (χ4n) is 3.53. The van der Waals surface area contributed by atoms with Gasteiger partial charge in [-0.2, -0.15) is 0 Å². The quantitative estimate of drug-likeness (QED) is 0.649. The second kappa shape index (κ2) is 11.0. The number of rotatable bonds is 8. The molecule has 0 atom stereocenters. The topological polar surface area (TPSA) is 70.2 Å². The highest BCUT2D eigenvalue weighted by Crippen LogP contribution is 2.27. The summed E-state index contributed by atoms with van der Waals surface area (Å²) in [5, 5.41) is 8.98. The van der Waals surface area contributed by atoms with Crippen LogP contribution in [-0.2, 0) is 11.3 Å². The van der Waals surface area contributed by atoms with Gasteiger partial charge in [-0.05, 0) is 55.9 Å². The van der Waals surface area contributed by atoms with E-state index in [0.717, 1.165) is 44.3 Å². The number of carbonyl (C=O) groups excluding carboxylic acids is 2. The lowest BCUT2D eigenvalue weighted by molar-refractivity contribution is -0.122. The van der Waals surface area contributed by atoms with Gasteiger partial charge < -0.3 is 16.0 Å². The predicted octanol–water partition coefficient (Wildman–Crippen LogP) is 3.76. The molecule has 3 amide bonds. The second-order valence-corrected chi connectivity index (χ2v) is 8.34. The number of hydrogen-bond donors (Lipinski definition) is 3. The third-order valence-corrected chi connectivity index (χ3v) is 5.27. The zero-order valence-electron chi connectivity index (χ0n) is 17.0. The van der Waals surface area contributed by atoms with Gasteiger partial charge in [0.2, 0.25) is 5.91 Å². The molecule has 0 aromatic heterocycles. The first-order chi connectivity index (χ1) is 12.9. The Morgan fingerprint density at radius 1 is 0.926 bits per heavy atom. The number of hydrogen-bond acceptors (Lipinski definition) is 2. The van der Waals surface area contributed by atoms with Gasteiger partial charge in [-0.15, -0.1) is 0 Å². The number of amides is 3. The molecule has 27 heavy (non-hydrogen) atoms. The number of urea groups is 1. The summed E-state index contributed by atoms with van der Waals surface area (Å²) in [6.07, 6.45) is 5.08. The SMILES string of the molecule is Cc1ccc(CNC(=O)NCC2CCC(CNC(=O)CC(C)C)CC2)cc1. The predicted molar refractivity (Wildman–Crippen MR) is 109 cm³/mol. The molecule has 1 aliphatic carbocycles. The Labute approximate surface area is 163 Å². The lowest BCUT2D eigenvalue weighted by Crippen LogP contribution is -2.39. The van der Waals surface area contributed by atoms with Crippen molar-refractivity contribution < 1.29 is 9.59 Å². The van der Waals surface area contributed by atoms with Gasteiger partial charge in [0, 0.05) is 26.1 Å². The maximum atomic E-state index is 12.0. The molecule has 5 heteroatoms. The van der Waals surface area contributed by atoms with Crippen LogP contribution in [0, 0.1) is 24.7 Å². The highest BCUT2D eigenvalue weighted by Gasteiger charge is 2.22. The lowest BCUT2D eigenvalue weighted by Gasteiger charge is -2.28. The third-order valence-electron chi connectivity index (χ3n) is 5.27. The van der Waals surface area contributed by atoms with Gasteiger partial charge in [0.15, 0.2) is 0 Å². The van der Waals surface area contributed by atoms with Crippen LogP contribution >= 0.6 is 0 Å². The molecule has 150 valence electrons. The van der Waals surface area contributed by atoms with Crippen LogP contribution in [0.15, 0.2) is 24.3 Å². The van der Waals surface area contributed by atoms with Crippen LogP contribution in [-0.4, -0.2) is 25.0 Å². The standard InChI is InChI=1S/C22H35N3O2/c1-16(2)12-21(26)23-13-19-8-10-20(11-9-19)15-25-22(27)24-14-18-6-4-17(3)5-7-18/h4-7,16,19-20H,8-15H2,1-3H3,(H,23,26)(H2,24,25,27). The molecular weight excluding hydrogens is 338 g/mol. The molecule has 5 nitrogen and oxygen atoms in total. The van der Waals surface area contributed by atoms with Crippen LogP contribution in [0.1, 0.15) is 57.1 Å². The number of carbonyl (C=O) groups is 2. The molecule has 0 saturated heterocycles. The highest BCUT2D eigenvalue weighted by atomic mass is 16.2. The van der Waals surface area contributed by atoms with E-state index in [2.05, 4.69) is 48.9 Å². The van der Waals surface area contributed by atoms with Crippen molar-refractivity contribution in [3.63, 3.8) is 0 Å². The van der Waals surface area contributed by atoms with Crippen LogP contribution < -0.4 is 16.0 Å². The van der Waals surface area contributed by atoms with E-state index in [1.807, 2.05) is 12.1 Å². The fourth-order valence-corrected chi connectivity index (χ4v) is 3.53. The molecule has 0 unspecified atom stereocenters. The van der Waals surface area contributed by atoms with Crippen LogP contribution in [0.4, 0.5) is 4.79 Å². The van der Waals surface area contributed by atoms with Gasteiger partial charge in [-0.3, -0.25) is 4.79 Å². The molecule has 0 aliphatic heterocycles. The molecule has 1 fully saturated rings. The molecule has 1 saturated carbocycles. The van der Waals surface area contributed by atoms with E-state index < -0.39 is 0 Å². The average molecular weight is 374 g/mol. The van der Waals surface area contributed by atoms with Crippen molar-refractivity contribution >= 4 is 11.9 Å². The van der Waals surface area contributed by atoms with E-state index in [1.54, 1.807) is 0 Å². The minimum atomic E-state index is -0.0985. The van der Waals surface area contributed by atoms with E-state index in [4.69, 9.17) is 0 Å². The lowest BCUT2D eigenvalue weighted by atomic mass is 9.82. The molecule has 1 aromatic rings. The minimum Gasteiger partial charge on any atom is -0.356 e. The monoisotopic (exact) mass is 373 g/mol. The van der Waals surface area contributed by atoms with Crippen LogP contribution in [0.2, 0.25) is 0 Å². The Kier molecular flexibility index (Phi) is 8.62. The zero-order valence-corrected chi connectivity index (χ0v) is 17.0. The molecule has 2 rings (SSSR count). The van der Waals surface area contributed by atoms with E-state index in [0.29, 0.717) is 30.7 Å². The van der Waals surface area contributed by atoms with Gasteiger partial charge in [0.1, 0.15) is 0 Å². The Balaban J connectivity index is 1.56. The molecule has 0 spiro atoms. The molecular formula is C22H35N3O2. The van der Waals surface area contributed by atoms with Crippen LogP contribution in [0.25, 0.3) is 0 Å². The van der Waals surface area contributed by atoms with Crippen molar-refractivity contribution in [2.45, 2.75) is 59.4 Å². The Bertz CT molecular complexity index is 590. The highest BCUT2D eigenvalue weighted by molar-refractivity contribution is 5.76. The largest absolute Gasteiger partial charge is 0.356 e. The average Bonchev–Trinajstić information content (AvgIpc) is 2.64. The van der Waals surface area contributed by atoms with E-state index >= 15 is 0 Å². The van der Waals surface area contributed by atoms with Crippen molar-refractivity contribution in [3.8, 4) is 0 Å². The van der Waals surface area contributed by atoms with Gasteiger partial charge in [0.05, 0.1) is 0 Å². The van der Waals surface area contributed by atoms with Crippen molar-refractivity contribution in [1.29, 1.82) is 0 Å². The number of aryl methyl sites for hydroxylation is 1. The first-order valence-electron chi connectivity index (χ1n) is 10.3. The zero-order chi connectivity index (χ0) is 19.6. The molecule has 1 aromatic carbocycles. The summed E-state index contributed by atoms with van der Waals surface area (Å²) in [5.74, 6) is 1.69. The summed E-state index contributed by atoms with van der Waals surface area (Å²) < 4.78 is 0. The van der Waals surface area contributed by atoms with Gasteiger partial charge in [-0.25, -0.2) is 4.79 Å². The van der Waals surface area contributed by atoms with Crippen molar-refractivity contribution in [3.05, 3.63) is 35.4 Å². The van der Waals surface area contributed by atoms with E-state index in [-0.39, 0.29) is 11.9 Å². The minimum absolute atomic E-state index is 0.0985. The van der Waals surface area contributed by atoms with Gasteiger partial charge in [-0.1, -0.05) is 43.7 Å². The Morgan fingerprint density at radius 3 is 2.04 bits per heavy atom. The van der Waals surface area contributed by atoms with Crippen LogP contribution in [0.5, 0.6) is 0 Å². The summed E-state index contributed by atoms with van der Waals surface area (Å²) in [7, 11) is 0. The van der Waals surface area contributed by atoms with Crippen LogP contribution in [0.3, 0.4) is 0 Å². The molecule has 0 bridgehead atoms. The smallest absolute Gasteiger partial charge is 0.315 e. The molecule has 3 N–H and O–H groups in total. The first-order valence-corrected chi connectivity index (χ1v) is 10.3. The molecule has 1 aliphatic rings. The Hall–Kier alpha value is -2.04. The Morgan fingerprint density at radius 2 is 1.48 bits per heavy atom. The first kappa shape index (κ1) is 21.3. The summed E-state index contributed by atoms with van der Waals surface area (Å²) in [6.45, 7) is 8.26. The van der Waals surface area contributed by atoms with E-state index in [1.165, 1.54) is 5.56 Å². The maximum Gasteiger partial charge on any atom is 0.315 e. The normalized spacial score (nSPS) is 19.6. The second-order valence-electron chi connectivity index (χ2n) is 8.34. The third kappa shape index (κ3) is 8.46. The molecule has 0 heterocycles. The van der Waals surface area contributed by atoms with Crippen molar-refractivity contribution in [2.75, 3.05) is 13.1 Å². The van der Waals surface area contributed by atoms with E-state index in [9.17, 15) is 9.59 Å². The number of benzene rings is 1. The van der Waals surface area contributed by atoms with Crippen molar-refractivity contribution in [1.82, 2.24) is 16.0 Å². The summed E-state index contributed by atoms with van der Waals surface area (Å²) in [5.41, 5.74) is 2.33. The maximum absolute atomic E-state index is 12.0. The summed E-state index contributed by atoms with van der Waals surface area (Å²) in [4.78, 5) is 23.7. The van der Waals surface area contributed by atoms with Gasteiger partial charge >= 0.3 is 6.03 Å². The summed E-state index contributed by atoms with van der Waals surface area (Å²) >= 11 is 0. The van der Waals surface area contributed by atoms with Crippen molar-refractivity contribution in [2.24, 2.45) is 17.8 Å². The van der Waals surface area contributed by atoms with Gasteiger partial charge in [0.25, 0.3) is 0 Å². The molecule has 0 radical (unpaired) electrons. The fraction of sp³-hybridized carbons (Fsp3) is 0.636. The summed E-state index contributed by atoms with van der Waals surface area (Å²) in [6, 6.07) is 8.09.